The Balaban J connectivity index is 2.15. The minimum Gasteiger partial charge on any atom is -0.434 e. The highest BCUT2D eigenvalue weighted by molar-refractivity contribution is 5.88. The fraction of sp³-hybridized carbons (Fsp3) is 0.250. The second-order valence-corrected chi connectivity index (χ2v) is 4.87. The Bertz CT molecular complexity index is 815. The number of hydrogen-bond acceptors (Lipinski definition) is 5. The van der Waals surface area contributed by atoms with Crippen molar-refractivity contribution < 1.29 is 14.3 Å². The average Bonchev–Trinajstić information content (AvgIpc) is 3.00. The molecule has 1 heterocycles. The van der Waals surface area contributed by atoms with Gasteiger partial charge < -0.3 is 20.4 Å². The third kappa shape index (κ3) is 4.24. The Hall–Kier alpha value is -3.52. The quantitative estimate of drug-likeness (QED) is 0.681. The van der Waals surface area contributed by atoms with E-state index in [0.717, 1.165) is 16.5 Å². The molecule has 2 rings (SSSR count). The highest BCUT2D eigenvalue weighted by Gasteiger charge is 2.23. The van der Waals surface area contributed by atoms with Gasteiger partial charge >= 0.3 is 6.09 Å². The number of ether oxygens (including phenoxy) is 1. The molecule has 0 aliphatic rings. The van der Waals surface area contributed by atoms with Crippen LogP contribution in [0, 0.1) is 22.7 Å². The number of carbonyl (C=O) groups is 2. The molecule has 1 aromatic carbocycles. The lowest BCUT2D eigenvalue weighted by molar-refractivity contribution is -0.122. The molecule has 1 unspecified atom stereocenters. The maximum atomic E-state index is 12.2. The highest BCUT2D eigenvalue weighted by Crippen LogP contribution is 2.19. The number of nitriles is 2. The molecular weight excluding hydrogens is 310 g/mol. The van der Waals surface area contributed by atoms with Crippen molar-refractivity contribution in [2.24, 2.45) is 0 Å². The summed E-state index contributed by atoms with van der Waals surface area (Å²) in [6.45, 7) is -0.580. The monoisotopic (exact) mass is 325 g/mol. The second-order valence-electron chi connectivity index (χ2n) is 4.87. The molecule has 24 heavy (non-hydrogen) atoms. The van der Waals surface area contributed by atoms with E-state index in [0.29, 0.717) is 0 Å². The Labute approximate surface area is 138 Å². The average molecular weight is 325 g/mol. The summed E-state index contributed by atoms with van der Waals surface area (Å²) in [4.78, 5) is 26.9. The molecule has 2 amide bonds. The van der Waals surface area contributed by atoms with Gasteiger partial charge in [0.15, 0.2) is 6.61 Å². The lowest BCUT2D eigenvalue weighted by Crippen LogP contribution is -2.48. The molecule has 3 N–H and O–H groups in total. The number of aromatic amines is 1. The van der Waals surface area contributed by atoms with Crippen LogP contribution < -0.4 is 10.6 Å². The van der Waals surface area contributed by atoms with Gasteiger partial charge in [-0.05, 0) is 11.6 Å². The number of nitrogens with one attached hydrogen (secondary N) is 3. The van der Waals surface area contributed by atoms with Crippen LogP contribution in [-0.2, 0) is 16.0 Å². The summed E-state index contributed by atoms with van der Waals surface area (Å²) >= 11 is 0. The number of H-pyrrole nitrogens is 1. The fourth-order valence-corrected chi connectivity index (χ4v) is 2.26. The van der Waals surface area contributed by atoms with Crippen LogP contribution >= 0.6 is 0 Å². The van der Waals surface area contributed by atoms with Gasteiger partial charge in [-0.1, -0.05) is 18.2 Å². The van der Waals surface area contributed by atoms with Crippen LogP contribution in [0.3, 0.4) is 0 Å². The number of amides is 2. The lowest BCUT2D eigenvalue weighted by atomic mass is 10.0. The number of hydrogen-bond donors (Lipinski definition) is 3. The summed E-state index contributed by atoms with van der Waals surface area (Å²) in [6, 6.07) is 10.1. The van der Waals surface area contributed by atoms with Crippen molar-refractivity contribution >= 4 is 22.9 Å². The molecule has 2 aromatic rings. The molecule has 122 valence electrons. The molecule has 0 saturated heterocycles. The summed E-state index contributed by atoms with van der Waals surface area (Å²) in [5.41, 5.74) is 1.75. The van der Waals surface area contributed by atoms with Crippen molar-refractivity contribution in [3.05, 3.63) is 36.0 Å². The van der Waals surface area contributed by atoms with Crippen molar-refractivity contribution in [3.8, 4) is 12.1 Å². The van der Waals surface area contributed by atoms with E-state index in [2.05, 4.69) is 20.4 Å². The minimum atomic E-state index is -0.927. The van der Waals surface area contributed by atoms with Crippen LogP contribution in [0.5, 0.6) is 0 Å². The first-order chi connectivity index (χ1) is 11.7. The van der Waals surface area contributed by atoms with Crippen molar-refractivity contribution in [1.29, 1.82) is 10.5 Å². The molecule has 1 aromatic heterocycles. The van der Waals surface area contributed by atoms with Gasteiger partial charge in [0.2, 0.25) is 5.91 Å². The van der Waals surface area contributed by atoms with Crippen LogP contribution in [0.25, 0.3) is 10.9 Å². The van der Waals surface area contributed by atoms with Gasteiger partial charge in [0.25, 0.3) is 0 Å². The first-order valence-electron chi connectivity index (χ1n) is 7.15. The smallest absolute Gasteiger partial charge is 0.408 e. The molecule has 1 atom stereocenters. The summed E-state index contributed by atoms with van der Waals surface area (Å²) in [7, 11) is 0. The van der Waals surface area contributed by atoms with Gasteiger partial charge in [-0.3, -0.25) is 4.79 Å². The number of aromatic nitrogens is 1. The number of rotatable bonds is 6. The summed E-state index contributed by atoms with van der Waals surface area (Å²) < 4.78 is 4.62. The molecule has 0 spiro atoms. The molecule has 8 heteroatoms. The SMILES string of the molecule is N#CCNC(=O)C(Cc1c[nH]c2ccccc12)NC(=O)OCC#N. The number of benzene rings is 1. The predicted molar refractivity (Wildman–Crippen MR) is 84.5 cm³/mol. The van der Waals surface area contributed by atoms with E-state index < -0.39 is 24.6 Å². The first-order valence-corrected chi connectivity index (χ1v) is 7.15. The van der Waals surface area contributed by atoms with Crippen molar-refractivity contribution in [3.63, 3.8) is 0 Å². The Morgan fingerprint density at radius 2 is 2.04 bits per heavy atom. The Morgan fingerprint density at radius 1 is 1.25 bits per heavy atom. The molecule has 8 nitrogen and oxygen atoms in total. The first kappa shape index (κ1) is 16.8. The molecule has 0 fully saturated rings. The molecule has 0 radical (unpaired) electrons. The molecule has 0 bridgehead atoms. The largest absolute Gasteiger partial charge is 0.434 e. The molecule has 0 aliphatic carbocycles. The Morgan fingerprint density at radius 3 is 2.79 bits per heavy atom. The highest BCUT2D eigenvalue weighted by atomic mass is 16.5. The van der Waals surface area contributed by atoms with Gasteiger partial charge in [-0.2, -0.15) is 10.5 Å². The van der Waals surface area contributed by atoms with Gasteiger partial charge in [-0.15, -0.1) is 0 Å². The summed E-state index contributed by atoms with van der Waals surface area (Å²) in [5.74, 6) is -0.504. The number of alkyl carbamates (subject to hydrolysis) is 1. The third-order valence-electron chi connectivity index (χ3n) is 3.32. The van der Waals surface area contributed by atoms with E-state index in [9.17, 15) is 9.59 Å². The van der Waals surface area contributed by atoms with Crippen LogP contribution in [-0.4, -0.2) is 36.2 Å². The lowest BCUT2D eigenvalue weighted by Gasteiger charge is -2.17. The van der Waals surface area contributed by atoms with Crippen LogP contribution in [0.15, 0.2) is 30.5 Å². The zero-order valence-corrected chi connectivity index (χ0v) is 12.7. The molecule has 0 aliphatic heterocycles. The van der Waals surface area contributed by atoms with Crippen LogP contribution in [0.4, 0.5) is 4.79 Å². The zero-order chi connectivity index (χ0) is 17.4. The predicted octanol–water partition coefficient (Wildman–Crippen LogP) is 0.969. The van der Waals surface area contributed by atoms with E-state index in [4.69, 9.17) is 10.5 Å². The number of nitrogens with zero attached hydrogens (tertiary/aromatic N) is 2. The van der Waals surface area contributed by atoms with Crippen molar-refractivity contribution in [1.82, 2.24) is 15.6 Å². The molecular formula is C16H15N5O3. The van der Waals surface area contributed by atoms with Crippen LogP contribution in [0.1, 0.15) is 5.56 Å². The van der Waals surface area contributed by atoms with Crippen LogP contribution in [0.2, 0.25) is 0 Å². The normalized spacial score (nSPS) is 11.1. The van der Waals surface area contributed by atoms with Crippen molar-refractivity contribution in [2.75, 3.05) is 13.2 Å². The zero-order valence-electron chi connectivity index (χ0n) is 12.7. The maximum absolute atomic E-state index is 12.2. The topological polar surface area (TPSA) is 131 Å². The number of para-hydroxylation sites is 1. The van der Waals surface area contributed by atoms with Crippen molar-refractivity contribution in [2.45, 2.75) is 12.5 Å². The number of fused-ring (bicyclic) bond motifs is 1. The Kier molecular flexibility index (Phi) is 5.76. The van der Waals surface area contributed by atoms with Gasteiger partial charge in [0.1, 0.15) is 18.7 Å². The summed E-state index contributed by atoms with van der Waals surface area (Å²) in [6.07, 6.45) is 1.11. The van der Waals surface area contributed by atoms with Gasteiger partial charge in [0, 0.05) is 23.5 Å². The van der Waals surface area contributed by atoms with E-state index in [1.54, 1.807) is 18.3 Å². The number of carbonyl (C=O) groups excluding carboxylic acids is 2. The summed E-state index contributed by atoms with van der Waals surface area (Å²) in [5, 5.41) is 22.8. The maximum Gasteiger partial charge on any atom is 0.408 e. The van der Waals surface area contributed by atoms with E-state index in [1.807, 2.05) is 24.3 Å². The third-order valence-corrected chi connectivity index (χ3v) is 3.32. The molecule has 0 saturated carbocycles. The second kappa shape index (κ2) is 8.20. The van der Waals surface area contributed by atoms with E-state index in [-0.39, 0.29) is 13.0 Å². The van der Waals surface area contributed by atoms with E-state index >= 15 is 0 Å². The van der Waals surface area contributed by atoms with Gasteiger partial charge in [0.05, 0.1) is 6.07 Å². The van der Waals surface area contributed by atoms with Gasteiger partial charge in [-0.25, -0.2) is 4.79 Å². The standard InChI is InChI=1S/C16H15N5O3/c17-5-7-19-15(22)14(21-16(23)24-8-6-18)9-11-10-20-13-4-2-1-3-12(11)13/h1-4,10,14,20H,7-9H2,(H,19,22)(H,21,23). The minimum absolute atomic E-state index is 0.169. The van der Waals surface area contributed by atoms with E-state index in [1.165, 1.54) is 0 Å². The fourth-order valence-electron chi connectivity index (χ4n) is 2.26.